The van der Waals surface area contributed by atoms with Crippen LogP contribution in [0.4, 0.5) is 0 Å². The summed E-state index contributed by atoms with van der Waals surface area (Å²) in [5.41, 5.74) is 2.13. The maximum Gasteiger partial charge on any atom is 0.0916 e. The summed E-state index contributed by atoms with van der Waals surface area (Å²) in [5.74, 6) is 0. The van der Waals surface area contributed by atoms with Gasteiger partial charge in [0.15, 0.2) is 0 Å². The zero-order valence-corrected chi connectivity index (χ0v) is 12.9. The summed E-state index contributed by atoms with van der Waals surface area (Å²) >= 11 is 0. The van der Waals surface area contributed by atoms with E-state index in [0.29, 0.717) is 13.2 Å². The van der Waals surface area contributed by atoms with Crippen molar-refractivity contribution in [3.05, 3.63) is 53.9 Å². The van der Waals surface area contributed by atoms with E-state index in [4.69, 9.17) is 4.74 Å². The summed E-state index contributed by atoms with van der Waals surface area (Å²) in [5, 5.41) is 14.7. The van der Waals surface area contributed by atoms with E-state index in [9.17, 15) is 5.11 Å². The lowest BCUT2D eigenvalue weighted by molar-refractivity contribution is -0.0486. The van der Waals surface area contributed by atoms with Crippen molar-refractivity contribution in [1.29, 1.82) is 0 Å². The van der Waals surface area contributed by atoms with Crippen LogP contribution in [-0.4, -0.2) is 52.1 Å². The number of β-amino-alcohol motifs (C(OH)–C–C–N with tert-alkyl or cyclic N) is 1. The molecule has 2 heterocycles. The Morgan fingerprint density at radius 3 is 2.91 bits per heavy atom. The molecule has 22 heavy (non-hydrogen) atoms. The molecule has 0 aliphatic carbocycles. The monoisotopic (exact) mass is 301 g/mol. The van der Waals surface area contributed by atoms with Crippen molar-refractivity contribution in [3.8, 4) is 0 Å². The molecular weight excluding hydrogens is 278 g/mol. The van der Waals surface area contributed by atoms with E-state index in [1.165, 1.54) is 0 Å². The predicted molar refractivity (Wildman–Crippen MR) is 84.5 cm³/mol. The van der Waals surface area contributed by atoms with Crippen LogP contribution in [0.3, 0.4) is 0 Å². The van der Waals surface area contributed by atoms with Crippen molar-refractivity contribution in [2.24, 2.45) is 0 Å². The van der Waals surface area contributed by atoms with Crippen LogP contribution in [0.5, 0.6) is 0 Å². The largest absolute Gasteiger partial charge is 0.387 e. The Morgan fingerprint density at radius 2 is 2.18 bits per heavy atom. The second kappa shape index (κ2) is 7.05. The van der Waals surface area contributed by atoms with Gasteiger partial charge in [-0.05, 0) is 18.1 Å². The van der Waals surface area contributed by atoms with Gasteiger partial charge in [-0.2, -0.15) is 5.10 Å². The van der Waals surface area contributed by atoms with Crippen LogP contribution in [0.2, 0.25) is 0 Å². The molecule has 1 aromatic heterocycles. The van der Waals surface area contributed by atoms with E-state index in [2.05, 4.69) is 10.00 Å². The number of hydrogen-bond acceptors (Lipinski definition) is 4. The molecule has 2 unspecified atom stereocenters. The van der Waals surface area contributed by atoms with Gasteiger partial charge in [-0.1, -0.05) is 30.3 Å². The summed E-state index contributed by atoms with van der Waals surface area (Å²) in [6, 6.07) is 9.82. The van der Waals surface area contributed by atoms with Crippen LogP contribution in [0, 0.1) is 6.92 Å². The Balaban J connectivity index is 1.54. The molecule has 1 aromatic carbocycles. The van der Waals surface area contributed by atoms with Gasteiger partial charge < -0.3 is 9.84 Å². The lowest BCUT2D eigenvalue weighted by Crippen LogP contribution is -2.45. The van der Waals surface area contributed by atoms with Crippen molar-refractivity contribution in [2.75, 3.05) is 26.2 Å². The third-order valence-corrected chi connectivity index (χ3v) is 3.99. The van der Waals surface area contributed by atoms with Crippen molar-refractivity contribution in [1.82, 2.24) is 14.7 Å². The van der Waals surface area contributed by atoms with Gasteiger partial charge >= 0.3 is 0 Å². The van der Waals surface area contributed by atoms with E-state index in [1.54, 1.807) is 0 Å². The molecule has 0 radical (unpaired) electrons. The molecule has 118 valence electrons. The lowest BCUT2D eigenvalue weighted by atomic mass is 10.1. The zero-order chi connectivity index (χ0) is 15.4. The number of aliphatic hydroxyl groups excluding tert-OH is 1. The van der Waals surface area contributed by atoms with E-state index in [1.807, 2.05) is 54.3 Å². The summed E-state index contributed by atoms with van der Waals surface area (Å²) in [6.45, 7) is 5.81. The maximum atomic E-state index is 10.4. The SMILES string of the molecule is Cc1cnn(CC2CN(CC(O)c3ccccc3)CCO2)c1. The standard InChI is InChI=1S/C17H23N3O2/c1-14-9-18-20(10-14)12-16-11-19(7-8-22-16)13-17(21)15-5-3-2-4-6-15/h2-6,9-10,16-17,21H,7-8,11-13H2,1H3. The molecule has 0 spiro atoms. The van der Waals surface area contributed by atoms with Crippen molar-refractivity contribution in [3.63, 3.8) is 0 Å². The average Bonchev–Trinajstić information content (AvgIpc) is 2.93. The molecule has 2 aromatic rings. The van der Waals surface area contributed by atoms with Crippen LogP contribution in [0.25, 0.3) is 0 Å². The number of hydrogen-bond donors (Lipinski definition) is 1. The molecule has 0 bridgehead atoms. The van der Waals surface area contributed by atoms with Gasteiger partial charge in [0.2, 0.25) is 0 Å². The quantitative estimate of drug-likeness (QED) is 0.912. The number of morpholine rings is 1. The predicted octanol–water partition coefficient (Wildman–Crippen LogP) is 1.63. The number of nitrogens with zero attached hydrogens (tertiary/aromatic N) is 3. The fourth-order valence-electron chi connectivity index (χ4n) is 2.86. The topological polar surface area (TPSA) is 50.5 Å². The third-order valence-electron chi connectivity index (χ3n) is 3.99. The van der Waals surface area contributed by atoms with Gasteiger partial charge in [-0.3, -0.25) is 9.58 Å². The number of aliphatic hydroxyl groups is 1. The molecule has 0 amide bonds. The number of aryl methyl sites for hydroxylation is 1. The summed E-state index contributed by atoms with van der Waals surface area (Å²) in [7, 11) is 0. The Hall–Kier alpha value is -1.69. The van der Waals surface area contributed by atoms with E-state index in [0.717, 1.165) is 30.8 Å². The van der Waals surface area contributed by atoms with E-state index >= 15 is 0 Å². The van der Waals surface area contributed by atoms with Gasteiger partial charge in [0.1, 0.15) is 0 Å². The second-order valence-corrected chi connectivity index (χ2v) is 5.92. The van der Waals surface area contributed by atoms with Gasteiger partial charge in [-0.25, -0.2) is 0 Å². The molecular formula is C17H23N3O2. The van der Waals surface area contributed by atoms with Crippen molar-refractivity contribution < 1.29 is 9.84 Å². The molecule has 1 N–H and O–H groups in total. The van der Waals surface area contributed by atoms with E-state index in [-0.39, 0.29) is 6.10 Å². The average molecular weight is 301 g/mol. The number of aromatic nitrogens is 2. The first-order valence-corrected chi connectivity index (χ1v) is 7.77. The highest BCUT2D eigenvalue weighted by Gasteiger charge is 2.23. The first-order valence-electron chi connectivity index (χ1n) is 7.77. The fraction of sp³-hybridized carbons (Fsp3) is 0.471. The molecule has 2 atom stereocenters. The van der Waals surface area contributed by atoms with Crippen LogP contribution >= 0.6 is 0 Å². The highest BCUT2D eigenvalue weighted by molar-refractivity contribution is 5.17. The summed E-state index contributed by atoms with van der Waals surface area (Å²) < 4.78 is 7.75. The molecule has 1 fully saturated rings. The molecule has 5 heteroatoms. The Morgan fingerprint density at radius 1 is 1.36 bits per heavy atom. The second-order valence-electron chi connectivity index (χ2n) is 5.92. The molecule has 3 rings (SSSR count). The molecule has 1 saturated heterocycles. The molecule has 1 aliphatic heterocycles. The van der Waals surface area contributed by atoms with Crippen LogP contribution in [-0.2, 0) is 11.3 Å². The zero-order valence-electron chi connectivity index (χ0n) is 12.9. The van der Waals surface area contributed by atoms with E-state index < -0.39 is 6.10 Å². The Kier molecular flexibility index (Phi) is 4.87. The first-order chi connectivity index (χ1) is 10.7. The maximum absolute atomic E-state index is 10.4. The number of rotatable bonds is 5. The van der Waals surface area contributed by atoms with Gasteiger partial charge in [0.25, 0.3) is 0 Å². The van der Waals surface area contributed by atoms with Crippen molar-refractivity contribution >= 4 is 0 Å². The molecule has 0 saturated carbocycles. The number of ether oxygens (including phenoxy) is 1. The minimum Gasteiger partial charge on any atom is -0.387 e. The molecule has 1 aliphatic rings. The first kappa shape index (κ1) is 15.2. The Labute approximate surface area is 131 Å². The number of benzene rings is 1. The summed E-state index contributed by atoms with van der Waals surface area (Å²) in [6.07, 6.45) is 3.56. The smallest absolute Gasteiger partial charge is 0.0916 e. The van der Waals surface area contributed by atoms with Gasteiger partial charge in [0.05, 0.1) is 31.6 Å². The van der Waals surface area contributed by atoms with Crippen molar-refractivity contribution in [2.45, 2.75) is 25.7 Å². The lowest BCUT2D eigenvalue weighted by Gasteiger charge is -2.34. The van der Waals surface area contributed by atoms with Crippen LogP contribution < -0.4 is 0 Å². The summed E-state index contributed by atoms with van der Waals surface area (Å²) in [4.78, 5) is 2.27. The highest BCUT2D eigenvalue weighted by atomic mass is 16.5. The Bertz CT molecular complexity index is 585. The molecule has 5 nitrogen and oxygen atoms in total. The fourth-order valence-corrected chi connectivity index (χ4v) is 2.86. The minimum absolute atomic E-state index is 0.121. The van der Waals surface area contributed by atoms with Crippen LogP contribution in [0.15, 0.2) is 42.7 Å². The van der Waals surface area contributed by atoms with Crippen LogP contribution in [0.1, 0.15) is 17.2 Å². The van der Waals surface area contributed by atoms with Gasteiger partial charge in [-0.15, -0.1) is 0 Å². The minimum atomic E-state index is -0.452. The third kappa shape index (κ3) is 3.94. The van der Waals surface area contributed by atoms with Gasteiger partial charge in [0, 0.05) is 25.8 Å². The normalized spacial score (nSPS) is 20.9. The highest BCUT2D eigenvalue weighted by Crippen LogP contribution is 2.16.